The maximum Gasteiger partial charge on any atom is 0.0539 e. The number of para-hydroxylation sites is 1. The molecule has 1 aromatic rings. The number of nitrogens with two attached hydrogens (primary N) is 1. The third kappa shape index (κ3) is 3.28. The molecule has 0 amide bonds. The minimum atomic E-state index is 0.432. The molecule has 0 aromatic heterocycles. The fraction of sp³-hybridized carbons (Fsp3) is 0.625. The van der Waals surface area contributed by atoms with Gasteiger partial charge in [0.2, 0.25) is 0 Å². The molecule has 3 heteroatoms. The quantitative estimate of drug-likeness (QED) is 0.851. The summed E-state index contributed by atoms with van der Waals surface area (Å²) >= 11 is 0. The first-order valence-electron chi connectivity index (χ1n) is 7.57. The van der Waals surface area contributed by atoms with E-state index in [2.05, 4.69) is 47.9 Å². The van der Waals surface area contributed by atoms with Crippen LogP contribution in [-0.2, 0) is 6.42 Å². The van der Waals surface area contributed by atoms with Gasteiger partial charge in [-0.2, -0.15) is 0 Å². The Labute approximate surface area is 117 Å². The van der Waals surface area contributed by atoms with Gasteiger partial charge in [-0.15, -0.1) is 0 Å². The second kappa shape index (κ2) is 6.92. The van der Waals surface area contributed by atoms with Gasteiger partial charge in [0, 0.05) is 25.3 Å². The molecule has 1 aromatic carbocycles. The third-order valence-corrected chi connectivity index (χ3v) is 4.22. The molecular formula is C16H27N3. The van der Waals surface area contributed by atoms with E-state index < -0.39 is 0 Å². The minimum absolute atomic E-state index is 0.432. The Kier molecular flexibility index (Phi) is 5.23. The van der Waals surface area contributed by atoms with E-state index in [0.717, 1.165) is 32.7 Å². The molecule has 3 nitrogen and oxygen atoms in total. The van der Waals surface area contributed by atoms with Crippen LogP contribution in [0, 0.1) is 0 Å². The molecule has 1 aliphatic heterocycles. The first-order chi connectivity index (χ1) is 9.30. The van der Waals surface area contributed by atoms with Gasteiger partial charge in [-0.1, -0.05) is 32.0 Å². The Morgan fingerprint density at radius 3 is 2.68 bits per heavy atom. The van der Waals surface area contributed by atoms with Crippen molar-refractivity contribution < 1.29 is 0 Å². The highest BCUT2D eigenvalue weighted by molar-refractivity contribution is 5.56. The van der Waals surface area contributed by atoms with Crippen LogP contribution in [0.15, 0.2) is 24.3 Å². The minimum Gasteiger partial charge on any atom is -0.366 e. The van der Waals surface area contributed by atoms with Crippen molar-refractivity contribution in [3.8, 4) is 0 Å². The summed E-state index contributed by atoms with van der Waals surface area (Å²) in [5.74, 6) is 0. The van der Waals surface area contributed by atoms with Crippen LogP contribution in [0.1, 0.15) is 25.8 Å². The number of benzene rings is 1. The lowest BCUT2D eigenvalue weighted by Gasteiger charge is -2.39. The van der Waals surface area contributed by atoms with Crippen LogP contribution >= 0.6 is 0 Å². The average Bonchev–Trinajstić information content (AvgIpc) is 2.48. The van der Waals surface area contributed by atoms with Crippen LogP contribution in [-0.4, -0.2) is 43.7 Å². The number of fused-ring (bicyclic) bond motifs is 1. The van der Waals surface area contributed by atoms with Crippen LogP contribution in [0.2, 0.25) is 0 Å². The van der Waals surface area contributed by atoms with E-state index in [-0.39, 0.29) is 0 Å². The first-order valence-corrected chi connectivity index (χ1v) is 7.57. The van der Waals surface area contributed by atoms with E-state index in [0.29, 0.717) is 6.04 Å². The van der Waals surface area contributed by atoms with Gasteiger partial charge in [-0.05, 0) is 37.6 Å². The highest BCUT2D eigenvalue weighted by Gasteiger charge is 2.24. The predicted octanol–water partition coefficient (Wildman–Crippen LogP) is 2.11. The Bertz CT molecular complexity index is 387. The van der Waals surface area contributed by atoms with Crippen LogP contribution in [0.4, 0.5) is 5.69 Å². The summed E-state index contributed by atoms with van der Waals surface area (Å²) in [5.41, 5.74) is 8.93. The molecule has 1 unspecified atom stereocenters. The zero-order valence-electron chi connectivity index (χ0n) is 12.3. The van der Waals surface area contributed by atoms with Gasteiger partial charge in [-0.25, -0.2) is 0 Å². The topological polar surface area (TPSA) is 32.5 Å². The highest BCUT2D eigenvalue weighted by Crippen LogP contribution is 2.28. The number of nitrogens with zero attached hydrogens (tertiary/aromatic N) is 2. The zero-order chi connectivity index (χ0) is 13.7. The van der Waals surface area contributed by atoms with Crippen LogP contribution in [0.25, 0.3) is 0 Å². The fourth-order valence-corrected chi connectivity index (χ4v) is 3.02. The Morgan fingerprint density at radius 1 is 1.26 bits per heavy atom. The summed E-state index contributed by atoms with van der Waals surface area (Å²) in [4.78, 5) is 4.99. The van der Waals surface area contributed by atoms with Gasteiger partial charge >= 0.3 is 0 Å². The molecule has 0 saturated heterocycles. The van der Waals surface area contributed by atoms with Crippen molar-refractivity contribution in [2.45, 2.75) is 32.7 Å². The largest absolute Gasteiger partial charge is 0.366 e. The summed E-state index contributed by atoms with van der Waals surface area (Å²) < 4.78 is 0. The van der Waals surface area contributed by atoms with Gasteiger partial charge in [0.25, 0.3) is 0 Å². The van der Waals surface area contributed by atoms with E-state index in [4.69, 9.17) is 5.73 Å². The molecular weight excluding hydrogens is 234 g/mol. The van der Waals surface area contributed by atoms with Crippen molar-refractivity contribution in [3.63, 3.8) is 0 Å². The Balaban J connectivity index is 2.15. The molecule has 2 N–H and O–H groups in total. The lowest BCUT2D eigenvalue weighted by Crippen LogP contribution is -2.50. The molecule has 0 fully saturated rings. The summed E-state index contributed by atoms with van der Waals surface area (Å²) in [6.07, 6.45) is 2.45. The van der Waals surface area contributed by atoms with Crippen molar-refractivity contribution >= 4 is 5.69 Å². The number of aryl methyl sites for hydroxylation is 1. The van der Waals surface area contributed by atoms with Crippen molar-refractivity contribution in [2.24, 2.45) is 5.73 Å². The van der Waals surface area contributed by atoms with Crippen LogP contribution < -0.4 is 10.6 Å². The molecule has 19 heavy (non-hydrogen) atoms. The number of hydrogen-bond donors (Lipinski definition) is 1. The summed E-state index contributed by atoms with van der Waals surface area (Å²) in [6.45, 7) is 9.58. The van der Waals surface area contributed by atoms with E-state index >= 15 is 0 Å². The van der Waals surface area contributed by atoms with Crippen molar-refractivity contribution in [2.75, 3.05) is 37.6 Å². The van der Waals surface area contributed by atoms with Crippen LogP contribution in [0.5, 0.6) is 0 Å². The summed E-state index contributed by atoms with van der Waals surface area (Å²) in [6, 6.07) is 9.22. The predicted molar refractivity (Wildman–Crippen MR) is 82.7 cm³/mol. The average molecular weight is 261 g/mol. The van der Waals surface area contributed by atoms with E-state index in [9.17, 15) is 0 Å². The van der Waals surface area contributed by atoms with Crippen molar-refractivity contribution in [3.05, 3.63) is 29.8 Å². The SMILES string of the molecule is CCN(CC)CC(CN)N1CCCc2ccccc21. The van der Waals surface area contributed by atoms with Gasteiger partial charge in [0.05, 0.1) is 6.04 Å². The molecule has 0 spiro atoms. The van der Waals surface area contributed by atoms with Gasteiger partial charge < -0.3 is 15.5 Å². The van der Waals surface area contributed by atoms with Crippen molar-refractivity contribution in [1.29, 1.82) is 0 Å². The standard InChI is InChI=1S/C16H27N3/c1-3-18(4-2)13-15(12-17)19-11-7-9-14-8-5-6-10-16(14)19/h5-6,8,10,15H,3-4,7,9,11-13,17H2,1-2H3. The molecule has 0 radical (unpaired) electrons. The number of anilines is 1. The molecule has 0 saturated carbocycles. The van der Waals surface area contributed by atoms with Crippen molar-refractivity contribution in [1.82, 2.24) is 4.90 Å². The Morgan fingerprint density at radius 2 is 2.00 bits per heavy atom. The molecule has 106 valence electrons. The molecule has 1 atom stereocenters. The number of rotatable bonds is 6. The fourth-order valence-electron chi connectivity index (χ4n) is 3.02. The van der Waals surface area contributed by atoms with E-state index in [1.165, 1.54) is 24.1 Å². The molecule has 1 aliphatic rings. The molecule has 2 rings (SSSR count). The number of hydrogen-bond acceptors (Lipinski definition) is 3. The number of likely N-dealkylation sites (N-methyl/N-ethyl adjacent to an activating group) is 1. The molecule has 0 bridgehead atoms. The normalized spacial score (nSPS) is 16.5. The van der Waals surface area contributed by atoms with Gasteiger partial charge in [0.15, 0.2) is 0 Å². The second-order valence-electron chi connectivity index (χ2n) is 5.30. The van der Waals surface area contributed by atoms with Crippen LogP contribution in [0.3, 0.4) is 0 Å². The molecule has 0 aliphatic carbocycles. The maximum atomic E-state index is 6.05. The maximum absolute atomic E-state index is 6.05. The highest BCUT2D eigenvalue weighted by atomic mass is 15.2. The smallest absolute Gasteiger partial charge is 0.0539 e. The van der Waals surface area contributed by atoms with E-state index in [1.807, 2.05) is 0 Å². The van der Waals surface area contributed by atoms with Gasteiger partial charge in [0.1, 0.15) is 0 Å². The summed E-state index contributed by atoms with van der Waals surface area (Å²) in [7, 11) is 0. The zero-order valence-corrected chi connectivity index (χ0v) is 12.3. The lowest BCUT2D eigenvalue weighted by molar-refractivity contribution is 0.278. The van der Waals surface area contributed by atoms with Gasteiger partial charge in [-0.3, -0.25) is 0 Å². The monoisotopic (exact) mass is 261 g/mol. The van der Waals surface area contributed by atoms with E-state index in [1.54, 1.807) is 0 Å². The Hall–Kier alpha value is -1.06. The molecule has 1 heterocycles. The third-order valence-electron chi connectivity index (χ3n) is 4.22. The second-order valence-corrected chi connectivity index (χ2v) is 5.30. The first kappa shape index (κ1) is 14.4. The summed E-state index contributed by atoms with van der Waals surface area (Å²) in [5, 5.41) is 0. The lowest BCUT2D eigenvalue weighted by atomic mass is 9.99.